The number of anilines is 1. The molecule has 0 unspecified atom stereocenters. The summed E-state index contributed by atoms with van der Waals surface area (Å²) >= 11 is 5.30. The number of halogens is 1. The van der Waals surface area contributed by atoms with Crippen molar-refractivity contribution in [2.75, 3.05) is 24.4 Å². The Labute approximate surface area is 98.8 Å². The average Bonchev–Trinajstić information content (AvgIpc) is 2.81. The van der Waals surface area contributed by atoms with Crippen LogP contribution in [-0.4, -0.2) is 36.3 Å². The van der Waals surface area contributed by atoms with E-state index in [1.165, 1.54) is 4.90 Å². The van der Waals surface area contributed by atoms with Crippen molar-refractivity contribution in [3.8, 4) is 0 Å². The predicted octanol–water partition coefficient (Wildman–Crippen LogP) is 0.723. The molecule has 0 aromatic carbocycles. The molecule has 1 rings (SSSR count). The van der Waals surface area contributed by atoms with Crippen molar-refractivity contribution in [3.63, 3.8) is 0 Å². The van der Waals surface area contributed by atoms with Crippen LogP contribution in [0.2, 0.25) is 0 Å². The molecular formula is C10H14ClN3O2. The van der Waals surface area contributed by atoms with Gasteiger partial charge < -0.3 is 15.2 Å². The number of rotatable bonds is 5. The molecule has 0 aliphatic carbocycles. The normalized spacial score (nSPS) is 9.88. The predicted molar refractivity (Wildman–Crippen MR) is 62.5 cm³/mol. The summed E-state index contributed by atoms with van der Waals surface area (Å²) in [5.41, 5.74) is 0. The highest BCUT2D eigenvalue weighted by atomic mass is 35.5. The standard InChI is InChI=1S/C10H14ClN3O2/c1-14(8-3-2-5-12-8)10(16)4-6-13-9(15)7-11/h2-3,5,12H,4,6-7H2,1H3,(H,13,15). The van der Waals surface area contributed by atoms with Crippen LogP contribution in [0.3, 0.4) is 0 Å². The average molecular weight is 244 g/mol. The zero-order valence-corrected chi connectivity index (χ0v) is 9.75. The fraction of sp³-hybridized carbons (Fsp3) is 0.400. The zero-order valence-electron chi connectivity index (χ0n) is 9.00. The second-order valence-corrected chi connectivity index (χ2v) is 3.51. The molecule has 0 saturated heterocycles. The monoisotopic (exact) mass is 243 g/mol. The molecule has 2 N–H and O–H groups in total. The number of aromatic nitrogens is 1. The molecule has 1 aromatic rings. The molecule has 1 aromatic heterocycles. The fourth-order valence-corrected chi connectivity index (χ4v) is 1.28. The Bertz CT molecular complexity index is 351. The van der Waals surface area contributed by atoms with Gasteiger partial charge in [0.2, 0.25) is 11.8 Å². The third kappa shape index (κ3) is 3.58. The fourth-order valence-electron chi connectivity index (χ4n) is 1.19. The molecule has 0 radical (unpaired) electrons. The Morgan fingerprint density at radius 3 is 2.88 bits per heavy atom. The van der Waals surface area contributed by atoms with Gasteiger partial charge in [0.25, 0.3) is 0 Å². The van der Waals surface area contributed by atoms with E-state index < -0.39 is 0 Å². The molecule has 0 bridgehead atoms. The number of H-pyrrole nitrogens is 1. The number of nitrogens with one attached hydrogen (secondary N) is 2. The topological polar surface area (TPSA) is 65.2 Å². The number of hydrogen-bond donors (Lipinski definition) is 2. The zero-order chi connectivity index (χ0) is 12.0. The van der Waals surface area contributed by atoms with Crippen molar-refractivity contribution in [1.29, 1.82) is 0 Å². The molecule has 0 aliphatic heterocycles. The van der Waals surface area contributed by atoms with Crippen LogP contribution >= 0.6 is 11.6 Å². The van der Waals surface area contributed by atoms with Gasteiger partial charge in [-0.05, 0) is 12.1 Å². The number of nitrogens with zero attached hydrogens (tertiary/aromatic N) is 1. The molecule has 0 aliphatic rings. The molecule has 0 atom stereocenters. The van der Waals surface area contributed by atoms with E-state index in [0.29, 0.717) is 6.54 Å². The van der Waals surface area contributed by atoms with E-state index in [2.05, 4.69) is 10.3 Å². The van der Waals surface area contributed by atoms with Crippen LogP contribution in [0.1, 0.15) is 6.42 Å². The molecule has 1 heterocycles. The summed E-state index contributed by atoms with van der Waals surface area (Å²) < 4.78 is 0. The maximum absolute atomic E-state index is 11.6. The van der Waals surface area contributed by atoms with Crippen LogP contribution in [-0.2, 0) is 9.59 Å². The molecule has 0 spiro atoms. The Morgan fingerprint density at radius 2 is 2.31 bits per heavy atom. The van der Waals surface area contributed by atoms with Crippen LogP contribution in [0.4, 0.5) is 5.82 Å². The SMILES string of the molecule is CN(C(=O)CCNC(=O)CCl)c1ccc[nH]1. The summed E-state index contributed by atoms with van der Waals surface area (Å²) in [5, 5.41) is 2.53. The van der Waals surface area contributed by atoms with Gasteiger partial charge in [0.15, 0.2) is 0 Å². The van der Waals surface area contributed by atoms with Gasteiger partial charge >= 0.3 is 0 Å². The Morgan fingerprint density at radius 1 is 1.56 bits per heavy atom. The van der Waals surface area contributed by atoms with Gasteiger partial charge in [0.1, 0.15) is 11.7 Å². The molecule has 0 saturated carbocycles. The number of aromatic amines is 1. The third-order valence-electron chi connectivity index (χ3n) is 2.10. The first-order valence-electron chi connectivity index (χ1n) is 4.87. The highest BCUT2D eigenvalue weighted by Gasteiger charge is 2.11. The van der Waals surface area contributed by atoms with Crippen LogP contribution in [0.5, 0.6) is 0 Å². The van der Waals surface area contributed by atoms with Gasteiger partial charge in [-0.3, -0.25) is 9.59 Å². The minimum absolute atomic E-state index is 0.0719. The Hall–Kier alpha value is -1.49. The molecular weight excluding hydrogens is 230 g/mol. The van der Waals surface area contributed by atoms with E-state index in [0.717, 1.165) is 5.82 Å². The maximum atomic E-state index is 11.6. The number of alkyl halides is 1. The van der Waals surface area contributed by atoms with E-state index >= 15 is 0 Å². The molecule has 88 valence electrons. The minimum atomic E-state index is -0.267. The maximum Gasteiger partial charge on any atom is 0.234 e. The quantitative estimate of drug-likeness (QED) is 0.749. The van der Waals surface area contributed by atoms with E-state index in [-0.39, 0.29) is 24.1 Å². The van der Waals surface area contributed by atoms with Gasteiger partial charge in [-0.2, -0.15) is 0 Å². The summed E-state index contributed by atoms with van der Waals surface area (Å²) in [5.74, 6) is 0.309. The lowest BCUT2D eigenvalue weighted by Gasteiger charge is -2.15. The van der Waals surface area contributed by atoms with Crippen LogP contribution < -0.4 is 10.2 Å². The van der Waals surface area contributed by atoms with E-state index in [4.69, 9.17) is 11.6 Å². The first-order valence-corrected chi connectivity index (χ1v) is 5.41. The van der Waals surface area contributed by atoms with Gasteiger partial charge in [0.05, 0.1) is 0 Å². The second kappa shape index (κ2) is 6.17. The molecule has 0 fully saturated rings. The highest BCUT2D eigenvalue weighted by Crippen LogP contribution is 2.08. The Kier molecular flexibility index (Phi) is 4.85. The lowest BCUT2D eigenvalue weighted by Crippen LogP contribution is -2.32. The number of carbonyl (C=O) groups excluding carboxylic acids is 2. The van der Waals surface area contributed by atoms with Crippen molar-refractivity contribution >= 4 is 29.2 Å². The van der Waals surface area contributed by atoms with Crippen molar-refractivity contribution in [1.82, 2.24) is 10.3 Å². The van der Waals surface area contributed by atoms with Crippen molar-refractivity contribution in [2.45, 2.75) is 6.42 Å². The highest BCUT2D eigenvalue weighted by molar-refractivity contribution is 6.27. The molecule has 2 amide bonds. The number of carbonyl (C=O) groups is 2. The van der Waals surface area contributed by atoms with Gasteiger partial charge in [-0.1, -0.05) is 0 Å². The van der Waals surface area contributed by atoms with Crippen molar-refractivity contribution in [3.05, 3.63) is 18.3 Å². The molecule has 6 heteroatoms. The summed E-state index contributed by atoms with van der Waals surface area (Å²) in [7, 11) is 1.68. The minimum Gasteiger partial charge on any atom is -0.355 e. The second-order valence-electron chi connectivity index (χ2n) is 3.24. The first-order chi connectivity index (χ1) is 7.65. The van der Waals surface area contributed by atoms with Crippen molar-refractivity contribution in [2.24, 2.45) is 0 Å². The van der Waals surface area contributed by atoms with Crippen LogP contribution in [0, 0.1) is 0 Å². The van der Waals surface area contributed by atoms with Crippen LogP contribution in [0.15, 0.2) is 18.3 Å². The van der Waals surface area contributed by atoms with Crippen molar-refractivity contribution < 1.29 is 9.59 Å². The summed E-state index contributed by atoms with van der Waals surface area (Å²) in [6.07, 6.45) is 1.99. The number of amides is 2. The smallest absolute Gasteiger partial charge is 0.234 e. The lowest BCUT2D eigenvalue weighted by molar-refractivity contribution is -0.119. The first kappa shape index (κ1) is 12.6. The summed E-state index contributed by atoms with van der Waals surface area (Å²) in [4.78, 5) is 26.9. The Balaban J connectivity index is 2.33. The molecule has 5 nitrogen and oxygen atoms in total. The van der Waals surface area contributed by atoms with E-state index in [1.807, 2.05) is 6.07 Å². The summed E-state index contributed by atoms with van der Waals surface area (Å²) in [6.45, 7) is 0.301. The lowest BCUT2D eigenvalue weighted by atomic mass is 10.3. The number of hydrogen-bond acceptors (Lipinski definition) is 2. The molecule has 16 heavy (non-hydrogen) atoms. The largest absolute Gasteiger partial charge is 0.355 e. The van der Waals surface area contributed by atoms with Crippen LogP contribution in [0.25, 0.3) is 0 Å². The van der Waals surface area contributed by atoms with Gasteiger partial charge in [-0.15, -0.1) is 11.6 Å². The third-order valence-corrected chi connectivity index (χ3v) is 2.34. The van der Waals surface area contributed by atoms with E-state index in [9.17, 15) is 9.59 Å². The van der Waals surface area contributed by atoms with Gasteiger partial charge in [-0.25, -0.2) is 0 Å². The van der Waals surface area contributed by atoms with Gasteiger partial charge in [0, 0.05) is 26.2 Å². The summed E-state index contributed by atoms with van der Waals surface area (Å²) in [6, 6.07) is 3.61. The van der Waals surface area contributed by atoms with E-state index in [1.54, 1.807) is 19.3 Å².